The number of hydrogen-bond donors (Lipinski definition) is 0. The van der Waals surface area contributed by atoms with Gasteiger partial charge in [0.25, 0.3) is 0 Å². The van der Waals surface area contributed by atoms with Crippen LogP contribution in [-0.2, 0) is 14.6 Å². The molecule has 124 valence electrons. The van der Waals surface area contributed by atoms with Gasteiger partial charge in [0.15, 0.2) is 9.84 Å². The van der Waals surface area contributed by atoms with Crippen molar-refractivity contribution < 1.29 is 17.9 Å². The van der Waals surface area contributed by atoms with Crippen LogP contribution in [0.15, 0.2) is 29.2 Å². The first-order valence-corrected chi connectivity index (χ1v) is 9.50. The summed E-state index contributed by atoms with van der Waals surface area (Å²) >= 11 is 0. The molecular formula is C16H25NO4S. The Labute approximate surface area is 133 Å². The third kappa shape index (κ3) is 5.26. The van der Waals surface area contributed by atoms with Gasteiger partial charge in [-0.25, -0.2) is 8.42 Å². The molecular weight excluding hydrogens is 302 g/mol. The molecule has 0 aromatic heterocycles. The van der Waals surface area contributed by atoms with E-state index >= 15 is 0 Å². The predicted octanol–water partition coefficient (Wildman–Crippen LogP) is 1.83. The Bertz CT molecular complexity index is 568. The van der Waals surface area contributed by atoms with Gasteiger partial charge in [-0.2, -0.15) is 0 Å². The van der Waals surface area contributed by atoms with Gasteiger partial charge in [0.1, 0.15) is 11.9 Å². The summed E-state index contributed by atoms with van der Waals surface area (Å²) in [6.45, 7) is 8.45. The molecule has 1 aliphatic heterocycles. The average Bonchev–Trinajstić information content (AvgIpc) is 2.63. The second-order valence-corrected chi connectivity index (χ2v) is 8.23. The van der Waals surface area contributed by atoms with Crippen LogP contribution in [0, 0.1) is 5.92 Å². The van der Waals surface area contributed by atoms with E-state index in [1.165, 1.54) is 6.26 Å². The minimum absolute atomic E-state index is 0.0367. The Morgan fingerprint density at radius 1 is 1.32 bits per heavy atom. The first kappa shape index (κ1) is 17.2. The first-order valence-electron chi connectivity index (χ1n) is 7.61. The fraction of sp³-hybridized carbons (Fsp3) is 0.625. The second-order valence-electron chi connectivity index (χ2n) is 6.21. The highest BCUT2D eigenvalue weighted by Gasteiger charge is 2.20. The van der Waals surface area contributed by atoms with E-state index in [-0.39, 0.29) is 6.10 Å². The molecule has 0 spiro atoms. The van der Waals surface area contributed by atoms with Gasteiger partial charge in [0.05, 0.1) is 18.1 Å². The van der Waals surface area contributed by atoms with E-state index in [2.05, 4.69) is 18.7 Å². The van der Waals surface area contributed by atoms with E-state index in [1.807, 2.05) is 0 Å². The van der Waals surface area contributed by atoms with Crippen LogP contribution in [0.2, 0.25) is 0 Å². The van der Waals surface area contributed by atoms with Crippen LogP contribution in [-0.4, -0.2) is 58.5 Å². The van der Waals surface area contributed by atoms with Crippen LogP contribution >= 0.6 is 0 Å². The molecule has 22 heavy (non-hydrogen) atoms. The molecule has 1 aromatic carbocycles. The fourth-order valence-electron chi connectivity index (χ4n) is 2.55. The molecule has 1 heterocycles. The van der Waals surface area contributed by atoms with Crippen molar-refractivity contribution in [2.45, 2.75) is 24.8 Å². The van der Waals surface area contributed by atoms with Gasteiger partial charge in [-0.15, -0.1) is 0 Å². The van der Waals surface area contributed by atoms with E-state index in [9.17, 15) is 8.42 Å². The lowest BCUT2D eigenvalue weighted by Crippen LogP contribution is -2.38. The zero-order valence-corrected chi connectivity index (χ0v) is 14.3. The van der Waals surface area contributed by atoms with Crippen LogP contribution in [0.25, 0.3) is 0 Å². The number of hydrogen-bond acceptors (Lipinski definition) is 5. The Kier molecular flexibility index (Phi) is 5.83. The highest BCUT2D eigenvalue weighted by atomic mass is 32.2. The molecule has 0 amide bonds. The average molecular weight is 327 g/mol. The molecule has 1 aromatic rings. The van der Waals surface area contributed by atoms with Crippen LogP contribution in [0.5, 0.6) is 5.75 Å². The molecule has 0 bridgehead atoms. The number of ether oxygens (including phenoxy) is 2. The van der Waals surface area contributed by atoms with Gasteiger partial charge in [0, 0.05) is 25.9 Å². The van der Waals surface area contributed by atoms with Gasteiger partial charge in [-0.1, -0.05) is 13.8 Å². The maximum atomic E-state index is 11.5. The fourth-order valence-corrected chi connectivity index (χ4v) is 3.18. The summed E-state index contributed by atoms with van der Waals surface area (Å²) in [4.78, 5) is 2.66. The normalized spacial score (nSPS) is 20.8. The molecule has 1 saturated heterocycles. The summed E-state index contributed by atoms with van der Waals surface area (Å²) in [6.07, 6.45) is 1.16. The number of nitrogens with zero attached hydrogens (tertiary/aromatic N) is 1. The van der Waals surface area contributed by atoms with Gasteiger partial charge < -0.3 is 9.47 Å². The quantitative estimate of drug-likeness (QED) is 0.826. The van der Waals surface area contributed by atoms with Gasteiger partial charge in [-0.05, 0) is 30.2 Å². The minimum atomic E-state index is -3.17. The largest absolute Gasteiger partial charge is 0.487 e. The molecule has 1 aliphatic rings. The Balaban J connectivity index is 1.99. The maximum Gasteiger partial charge on any atom is 0.175 e. The third-order valence-electron chi connectivity index (χ3n) is 3.50. The summed E-state index contributed by atoms with van der Waals surface area (Å²) in [7, 11) is -3.17. The summed E-state index contributed by atoms with van der Waals surface area (Å²) in [5, 5.41) is 0. The van der Waals surface area contributed by atoms with Crippen molar-refractivity contribution in [2.75, 3.05) is 39.1 Å². The van der Waals surface area contributed by atoms with E-state index < -0.39 is 9.84 Å². The maximum absolute atomic E-state index is 11.5. The van der Waals surface area contributed by atoms with Crippen LogP contribution in [0.1, 0.15) is 13.8 Å². The second kappa shape index (κ2) is 7.44. The standard InChI is InChI=1S/C16H25NO4S/c1-13(2)10-17-8-9-20-12-15(11-17)21-14-4-6-16(7-5-14)22(3,18)19/h4-7,13,15H,8-12H2,1-3H3/t15-/m1/s1. The number of rotatable bonds is 5. The summed E-state index contributed by atoms with van der Waals surface area (Å²) < 4.78 is 34.5. The summed E-state index contributed by atoms with van der Waals surface area (Å²) in [5.41, 5.74) is 0. The van der Waals surface area contributed by atoms with Crippen molar-refractivity contribution >= 4 is 9.84 Å². The zero-order chi connectivity index (χ0) is 16.2. The highest BCUT2D eigenvalue weighted by molar-refractivity contribution is 7.90. The molecule has 0 saturated carbocycles. The Hall–Kier alpha value is -1.11. The SMILES string of the molecule is CC(C)CN1CCOC[C@H](Oc2ccc(S(C)(=O)=O)cc2)C1. The lowest BCUT2D eigenvalue weighted by atomic mass is 10.2. The van der Waals surface area contributed by atoms with Crippen LogP contribution in [0.3, 0.4) is 0 Å². The molecule has 0 aliphatic carbocycles. The minimum Gasteiger partial charge on any atom is -0.487 e. The van der Waals surface area contributed by atoms with Crippen molar-refractivity contribution in [3.05, 3.63) is 24.3 Å². The monoisotopic (exact) mass is 327 g/mol. The van der Waals surface area contributed by atoms with Crippen molar-refractivity contribution in [2.24, 2.45) is 5.92 Å². The lowest BCUT2D eigenvalue weighted by molar-refractivity contribution is 0.0709. The highest BCUT2D eigenvalue weighted by Crippen LogP contribution is 2.18. The van der Waals surface area contributed by atoms with E-state index in [0.717, 1.165) is 26.2 Å². The molecule has 1 fully saturated rings. The Morgan fingerprint density at radius 2 is 2.00 bits per heavy atom. The molecule has 0 unspecified atom stereocenters. The van der Waals surface area contributed by atoms with Gasteiger partial charge >= 0.3 is 0 Å². The number of benzene rings is 1. The van der Waals surface area contributed by atoms with Crippen molar-refractivity contribution in [1.29, 1.82) is 0 Å². The molecule has 0 N–H and O–H groups in total. The lowest BCUT2D eigenvalue weighted by Gasteiger charge is -2.25. The van der Waals surface area contributed by atoms with Crippen molar-refractivity contribution in [3.63, 3.8) is 0 Å². The third-order valence-corrected chi connectivity index (χ3v) is 4.62. The van der Waals surface area contributed by atoms with E-state index in [4.69, 9.17) is 9.47 Å². The molecule has 5 nitrogen and oxygen atoms in total. The molecule has 6 heteroatoms. The summed E-state index contributed by atoms with van der Waals surface area (Å²) in [5.74, 6) is 1.28. The predicted molar refractivity (Wildman–Crippen MR) is 86.1 cm³/mol. The van der Waals surface area contributed by atoms with E-state index in [1.54, 1.807) is 24.3 Å². The van der Waals surface area contributed by atoms with Crippen LogP contribution < -0.4 is 4.74 Å². The first-order chi connectivity index (χ1) is 10.3. The zero-order valence-electron chi connectivity index (χ0n) is 13.5. The van der Waals surface area contributed by atoms with Crippen LogP contribution in [0.4, 0.5) is 0 Å². The summed E-state index contributed by atoms with van der Waals surface area (Å²) in [6, 6.07) is 6.56. The van der Waals surface area contributed by atoms with E-state index in [0.29, 0.717) is 23.2 Å². The Morgan fingerprint density at radius 3 is 2.59 bits per heavy atom. The van der Waals surface area contributed by atoms with Gasteiger partial charge in [0.2, 0.25) is 0 Å². The van der Waals surface area contributed by atoms with Crippen molar-refractivity contribution in [3.8, 4) is 5.75 Å². The smallest absolute Gasteiger partial charge is 0.175 e. The number of sulfone groups is 1. The molecule has 2 rings (SSSR count). The topological polar surface area (TPSA) is 55.8 Å². The van der Waals surface area contributed by atoms with Crippen molar-refractivity contribution in [1.82, 2.24) is 4.90 Å². The van der Waals surface area contributed by atoms with Gasteiger partial charge in [-0.3, -0.25) is 4.90 Å². The molecule has 1 atom stereocenters. The molecule has 0 radical (unpaired) electrons.